The van der Waals surface area contributed by atoms with Crippen molar-refractivity contribution in [2.75, 3.05) is 32.2 Å². The van der Waals surface area contributed by atoms with Gasteiger partial charge in [-0.2, -0.15) is 0 Å². The van der Waals surface area contributed by atoms with Crippen LogP contribution in [0.2, 0.25) is 0 Å². The van der Waals surface area contributed by atoms with Crippen molar-refractivity contribution in [2.24, 2.45) is 0 Å². The van der Waals surface area contributed by atoms with E-state index in [2.05, 4.69) is 16.7 Å². The minimum Gasteiger partial charge on any atom is -0.484 e. The Morgan fingerprint density at radius 3 is 2.66 bits per heavy atom. The summed E-state index contributed by atoms with van der Waals surface area (Å²) in [6, 6.07) is 13.0. The second-order valence-electron chi connectivity index (χ2n) is 7.12. The molecule has 0 spiro atoms. The first-order valence-corrected chi connectivity index (χ1v) is 10.1. The topological polar surface area (TPSA) is 76.7 Å². The van der Waals surface area contributed by atoms with E-state index in [4.69, 9.17) is 9.47 Å². The molecule has 0 saturated carbocycles. The van der Waals surface area contributed by atoms with Crippen LogP contribution in [0.1, 0.15) is 40.7 Å². The molecule has 0 aliphatic heterocycles. The lowest BCUT2D eigenvalue weighted by atomic mass is 9.92. The molecule has 29 heavy (non-hydrogen) atoms. The number of benzene rings is 2. The second-order valence-corrected chi connectivity index (χ2v) is 7.12. The van der Waals surface area contributed by atoms with Crippen LogP contribution < -0.4 is 15.4 Å². The first-order chi connectivity index (χ1) is 14.2. The molecule has 2 aromatic carbocycles. The van der Waals surface area contributed by atoms with Gasteiger partial charge in [-0.05, 0) is 67.5 Å². The first-order valence-electron chi connectivity index (χ1n) is 10.1. The molecule has 0 unspecified atom stereocenters. The highest BCUT2D eigenvalue weighted by Gasteiger charge is 2.14. The number of nitrogens with one attached hydrogen (secondary N) is 2. The van der Waals surface area contributed by atoms with Crippen LogP contribution in [-0.4, -0.2) is 38.7 Å². The van der Waals surface area contributed by atoms with Crippen molar-refractivity contribution in [3.8, 4) is 5.75 Å². The van der Waals surface area contributed by atoms with Crippen LogP contribution in [0.25, 0.3) is 0 Å². The smallest absolute Gasteiger partial charge is 0.262 e. The summed E-state index contributed by atoms with van der Waals surface area (Å²) >= 11 is 0. The number of hydrogen-bond acceptors (Lipinski definition) is 4. The molecule has 1 aliphatic carbocycles. The zero-order valence-corrected chi connectivity index (χ0v) is 16.8. The van der Waals surface area contributed by atoms with Gasteiger partial charge in [-0.3, -0.25) is 9.59 Å². The lowest BCUT2D eigenvalue weighted by molar-refractivity contribution is -0.118. The van der Waals surface area contributed by atoms with Crippen molar-refractivity contribution in [3.63, 3.8) is 0 Å². The monoisotopic (exact) mass is 396 g/mol. The lowest BCUT2D eigenvalue weighted by Gasteiger charge is -2.17. The van der Waals surface area contributed by atoms with Crippen molar-refractivity contribution in [1.82, 2.24) is 5.32 Å². The third-order valence-electron chi connectivity index (χ3n) is 4.95. The average molecular weight is 396 g/mol. The van der Waals surface area contributed by atoms with Gasteiger partial charge in [0.25, 0.3) is 11.8 Å². The van der Waals surface area contributed by atoms with Gasteiger partial charge in [0.1, 0.15) is 5.75 Å². The molecule has 0 saturated heterocycles. The van der Waals surface area contributed by atoms with E-state index in [0.29, 0.717) is 30.2 Å². The molecule has 0 atom stereocenters. The van der Waals surface area contributed by atoms with Crippen LogP contribution in [0.3, 0.4) is 0 Å². The molecular weight excluding hydrogens is 368 g/mol. The van der Waals surface area contributed by atoms with E-state index in [-0.39, 0.29) is 18.4 Å². The van der Waals surface area contributed by atoms with E-state index in [1.54, 1.807) is 31.4 Å². The van der Waals surface area contributed by atoms with E-state index in [9.17, 15) is 9.59 Å². The lowest BCUT2D eigenvalue weighted by Crippen LogP contribution is -2.27. The molecule has 0 bridgehead atoms. The predicted molar refractivity (Wildman–Crippen MR) is 112 cm³/mol. The number of para-hydroxylation sites is 1. The highest BCUT2D eigenvalue weighted by molar-refractivity contribution is 6.04. The summed E-state index contributed by atoms with van der Waals surface area (Å²) in [6.45, 7) is 0.984. The second kappa shape index (κ2) is 10.6. The standard InChI is InChI=1S/C23H28N2O4/c1-28-14-6-13-24-23(27)20-9-4-5-10-21(20)25-22(26)16-29-19-12-11-17-7-2-3-8-18(17)15-19/h4-5,9-12,15H,2-3,6-8,13-14,16H2,1H3,(H,24,27)(H,25,26). The number of rotatable bonds is 9. The minimum absolute atomic E-state index is 0.109. The van der Waals surface area contributed by atoms with E-state index >= 15 is 0 Å². The van der Waals surface area contributed by atoms with Gasteiger partial charge in [0.2, 0.25) is 0 Å². The normalized spacial score (nSPS) is 12.7. The van der Waals surface area contributed by atoms with Crippen LogP contribution in [0.4, 0.5) is 5.69 Å². The van der Waals surface area contributed by atoms with E-state index < -0.39 is 0 Å². The first kappa shape index (κ1) is 20.9. The predicted octanol–water partition coefficient (Wildman–Crippen LogP) is 3.35. The summed E-state index contributed by atoms with van der Waals surface area (Å²) in [5.74, 6) is 0.167. The van der Waals surface area contributed by atoms with Gasteiger partial charge in [-0.1, -0.05) is 18.2 Å². The van der Waals surface area contributed by atoms with Crippen LogP contribution in [0.15, 0.2) is 42.5 Å². The highest BCUT2D eigenvalue weighted by Crippen LogP contribution is 2.25. The maximum Gasteiger partial charge on any atom is 0.262 e. The van der Waals surface area contributed by atoms with Crippen LogP contribution >= 0.6 is 0 Å². The van der Waals surface area contributed by atoms with Crippen molar-refractivity contribution in [3.05, 3.63) is 59.2 Å². The fraction of sp³-hybridized carbons (Fsp3) is 0.391. The molecule has 0 aromatic heterocycles. The third-order valence-corrected chi connectivity index (χ3v) is 4.95. The van der Waals surface area contributed by atoms with Crippen LogP contribution in [0.5, 0.6) is 5.75 Å². The molecule has 2 aromatic rings. The molecule has 6 heteroatoms. The molecule has 6 nitrogen and oxygen atoms in total. The fourth-order valence-electron chi connectivity index (χ4n) is 3.44. The maximum absolute atomic E-state index is 12.4. The molecule has 0 heterocycles. The summed E-state index contributed by atoms with van der Waals surface area (Å²) in [5, 5.41) is 5.61. The fourth-order valence-corrected chi connectivity index (χ4v) is 3.44. The quantitative estimate of drug-likeness (QED) is 0.638. The number of ether oxygens (including phenoxy) is 2. The summed E-state index contributed by atoms with van der Waals surface area (Å²) in [4.78, 5) is 24.8. The van der Waals surface area contributed by atoms with Crippen molar-refractivity contribution >= 4 is 17.5 Å². The van der Waals surface area contributed by atoms with Gasteiger partial charge in [0.15, 0.2) is 6.61 Å². The molecule has 2 amide bonds. The Labute approximate surface area is 171 Å². The molecule has 0 radical (unpaired) electrons. The number of carbonyl (C=O) groups is 2. The SMILES string of the molecule is COCCCNC(=O)c1ccccc1NC(=O)COc1ccc2c(c1)CCCC2. The average Bonchev–Trinajstić information content (AvgIpc) is 2.75. The summed E-state index contributed by atoms with van der Waals surface area (Å²) < 4.78 is 10.6. The number of carbonyl (C=O) groups excluding carboxylic acids is 2. The van der Waals surface area contributed by atoms with Crippen molar-refractivity contribution in [2.45, 2.75) is 32.1 Å². The van der Waals surface area contributed by atoms with Gasteiger partial charge >= 0.3 is 0 Å². The summed E-state index contributed by atoms with van der Waals surface area (Å²) in [7, 11) is 1.62. The number of methoxy groups -OCH3 is 1. The largest absolute Gasteiger partial charge is 0.484 e. The minimum atomic E-state index is -0.303. The summed E-state index contributed by atoms with van der Waals surface area (Å²) in [6.07, 6.45) is 5.33. The van der Waals surface area contributed by atoms with E-state index in [0.717, 1.165) is 19.3 Å². The number of amides is 2. The molecule has 3 rings (SSSR count). The highest BCUT2D eigenvalue weighted by atomic mass is 16.5. The zero-order valence-electron chi connectivity index (χ0n) is 16.8. The molecule has 154 valence electrons. The van der Waals surface area contributed by atoms with E-state index in [1.165, 1.54) is 24.0 Å². The van der Waals surface area contributed by atoms with Gasteiger partial charge in [0.05, 0.1) is 11.3 Å². The third kappa shape index (κ3) is 6.06. The Bertz CT molecular complexity index is 851. The van der Waals surface area contributed by atoms with Crippen LogP contribution in [-0.2, 0) is 22.4 Å². The van der Waals surface area contributed by atoms with Gasteiger partial charge < -0.3 is 20.1 Å². The van der Waals surface area contributed by atoms with Gasteiger partial charge in [-0.25, -0.2) is 0 Å². The molecular formula is C23H28N2O4. The van der Waals surface area contributed by atoms with E-state index in [1.807, 2.05) is 12.1 Å². The maximum atomic E-state index is 12.4. The Hall–Kier alpha value is -2.86. The van der Waals surface area contributed by atoms with Crippen LogP contribution in [0, 0.1) is 0 Å². The molecule has 1 aliphatic rings. The Morgan fingerprint density at radius 1 is 1.03 bits per heavy atom. The zero-order chi connectivity index (χ0) is 20.5. The molecule has 0 fully saturated rings. The Balaban J connectivity index is 1.54. The number of hydrogen-bond donors (Lipinski definition) is 2. The molecule has 2 N–H and O–H groups in total. The summed E-state index contributed by atoms with van der Waals surface area (Å²) in [5.41, 5.74) is 3.57. The van der Waals surface area contributed by atoms with Gasteiger partial charge in [-0.15, -0.1) is 0 Å². The van der Waals surface area contributed by atoms with Gasteiger partial charge in [0, 0.05) is 20.3 Å². The Morgan fingerprint density at radius 2 is 1.83 bits per heavy atom. The van der Waals surface area contributed by atoms with Crippen molar-refractivity contribution < 1.29 is 19.1 Å². The number of aryl methyl sites for hydroxylation is 2. The number of anilines is 1. The van der Waals surface area contributed by atoms with Crippen molar-refractivity contribution in [1.29, 1.82) is 0 Å². The Kier molecular flexibility index (Phi) is 7.64. The number of fused-ring (bicyclic) bond motifs is 1.